The standard InChI is InChI=1S/C23H25N3O5S/c1-16-3-6-20(13-21(16)25-32(29,30)15-22(27)31-2)23(28)26-11-9-19(10-12-26)18-7-4-17(14-24)5-8-18/h3-8,13,19,25H,9-12,15H2,1-2H3. The number of carbonyl (C=O) groups is 2. The van der Waals surface area contributed by atoms with Crippen LogP contribution < -0.4 is 4.72 Å². The van der Waals surface area contributed by atoms with Crippen molar-refractivity contribution >= 4 is 27.6 Å². The zero-order valence-corrected chi connectivity index (χ0v) is 18.8. The average Bonchev–Trinajstić information content (AvgIpc) is 2.79. The zero-order valence-electron chi connectivity index (χ0n) is 18.0. The van der Waals surface area contributed by atoms with E-state index >= 15 is 0 Å². The number of aryl methyl sites for hydroxylation is 1. The maximum atomic E-state index is 13.0. The SMILES string of the molecule is COC(=O)CS(=O)(=O)Nc1cc(C(=O)N2CCC(c3ccc(C#N)cc3)CC2)ccc1C. The van der Waals surface area contributed by atoms with Crippen LogP contribution in [0.15, 0.2) is 42.5 Å². The topological polar surface area (TPSA) is 117 Å². The van der Waals surface area contributed by atoms with Crippen molar-refractivity contribution in [2.24, 2.45) is 0 Å². The Morgan fingerprint density at radius 3 is 2.41 bits per heavy atom. The monoisotopic (exact) mass is 455 g/mol. The van der Waals surface area contributed by atoms with Gasteiger partial charge in [-0.1, -0.05) is 18.2 Å². The largest absolute Gasteiger partial charge is 0.468 e. The van der Waals surface area contributed by atoms with Gasteiger partial charge in [0.05, 0.1) is 24.4 Å². The molecule has 0 radical (unpaired) electrons. The summed E-state index contributed by atoms with van der Waals surface area (Å²) in [6, 6.07) is 14.5. The Hall–Kier alpha value is -3.38. The van der Waals surface area contributed by atoms with E-state index in [1.807, 2.05) is 24.3 Å². The number of methoxy groups -OCH3 is 1. The van der Waals surface area contributed by atoms with Crippen molar-refractivity contribution in [2.45, 2.75) is 25.7 Å². The summed E-state index contributed by atoms with van der Waals surface area (Å²) >= 11 is 0. The highest BCUT2D eigenvalue weighted by Gasteiger charge is 2.25. The molecule has 1 amide bonds. The summed E-state index contributed by atoms with van der Waals surface area (Å²) in [6.45, 7) is 2.88. The Balaban J connectivity index is 1.67. The molecule has 0 spiro atoms. The lowest BCUT2D eigenvalue weighted by molar-refractivity contribution is -0.137. The van der Waals surface area contributed by atoms with Gasteiger partial charge in [0.15, 0.2) is 5.75 Å². The molecule has 0 unspecified atom stereocenters. The predicted octanol–water partition coefficient (Wildman–Crippen LogP) is 2.80. The van der Waals surface area contributed by atoms with E-state index in [2.05, 4.69) is 15.5 Å². The van der Waals surface area contributed by atoms with E-state index in [0.29, 0.717) is 35.7 Å². The summed E-state index contributed by atoms with van der Waals surface area (Å²) in [6.07, 6.45) is 1.62. The molecular weight excluding hydrogens is 430 g/mol. The number of nitrogens with one attached hydrogen (secondary N) is 1. The van der Waals surface area contributed by atoms with Gasteiger partial charge in [0.1, 0.15) is 0 Å². The molecule has 0 atom stereocenters. The highest BCUT2D eigenvalue weighted by molar-refractivity contribution is 7.93. The van der Waals surface area contributed by atoms with Crippen molar-refractivity contribution in [3.63, 3.8) is 0 Å². The second kappa shape index (κ2) is 9.83. The van der Waals surface area contributed by atoms with E-state index in [4.69, 9.17) is 5.26 Å². The van der Waals surface area contributed by atoms with Gasteiger partial charge in [-0.3, -0.25) is 14.3 Å². The van der Waals surface area contributed by atoms with E-state index in [1.54, 1.807) is 24.0 Å². The molecule has 2 aromatic rings. The predicted molar refractivity (Wildman–Crippen MR) is 120 cm³/mol. The number of sulfonamides is 1. The summed E-state index contributed by atoms with van der Waals surface area (Å²) in [5, 5.41) is 8.94. The molecule has 0 bridgehead atoms. The van der Waals surface area contributed by atoms with Crippen molar-refractivity contribution in [3.8, 4) is 6.07 Å². The first-order valence-corrected chi connectivity index (χ1v) is 11.8. The summed E-state index contributed by atoms with van der Waals surface area (Å²) in [5.74, 6) is -1.51. The highest BCUT2D eigenvalue weighted by Crippen LogP contribution is 2.29. The van der Waals surface area contributed by atoms with Gasteiger partial charge in [-0.2, -0.15) is 5.26 Å². The van der Waals surface area contributed by atoms with Gasteiger partial charge in [0.25, 0.3) is 5.91 Å². The number of nitriles is 1. The fourth-order valence-corrected chi connectivity index (χ4v) is 4.77. The van der Waals surface area contributed by atoms with Crippen LogP contribution in [0.3, 0.4) is 0 Å². The van der Waals surface area contributed by atoms with Gasteiger partial charge in [-0.25, -0.2) is 8.42 Å². The number of nitrogens with zero attached hydrogens (tertiary/aromatic N) is 2. The van der Waals surface area contributed by atoms with Crippen molar-refractivity contribution in [1.29, 1.82) is 5.26 Å². The number of ether oxygens (including phenoxy) is 1. The molecule has 0 aromatic heterocycles. The minimum Gasteiger partial charge on any atom is -0.468 e. The van der Waals surface area contributed by atoms with Crippen molar-refractivity contribution in [1.82, 2.24) is 4.90 Å². The number of piperidine rings is 1. The molecule has 168 valence electrons. The van der Waals surface area contributed by atoms with E-state index in [9.17, 15) is 18.0 Å². The summed E-state index contributed by atoms with van der Waals surface area (Å²) in [4.78, 5) is 26.1. The highest BCUT2D eigenvalue weighted by atomic mass is 32.2. The van der Waals surface area contributed by atoms with E-state index in [-0.39, 0.29) is 11.6 Å². The molecule has 1 saturated heterocycles. The maximum Gasteiger partial charge on any atom is 0.322 e. The van der Waals surface area contributed by atoms with Crippen molar-refractivity contribution < 1.29 is 22.7 Å². The third-order valence-corrected chi connectivity index (χ3v) is 6.73. The van der Waals surface area contributed by atoms with Crippen molar-refractivity contribution in [3.05, 3.63) is 64.7 Å². The van der Waals surface area contributed by atoms with Gasteiger partial charge < -0.3 is 9.64 Å². The Bertz CT molecular complexity index is 1150. The number of carbonyl (C=O) groups excluding carboxylic acids is 2. The first-order chi connectivity index (χ1) is 15.2. The molecule has 8 nitrogen and oxygen atoms in total. The second-order valence-electron chi connectivity index (χ2n) is 7.77. The third kappa shape index (κ3) is 5.65. The molecule has 0 saturated carbocycles. The lowest BCUT2D eigenvalue weighted by atomic mass is 9.89. The summed E-state index contributed by atoms with van der Waals surface area (Å²) < 4.78 is 31.2. The summed E-state index contributed by atoms with van der Waals surface area (Å²) in [5.41, 5.74) is 3.05. The third-order valence-electron chi connectivity index (χ3n) is 5.58. The first-order valence-electron chi connectivity index (χ1n) is 10.2. The molecule has 9 heteroatoms. The zero-order chi connectivity index (χ0) is 23.3. The van der Waals surface area contributed by atoms with Gasteiger partial charge in [-0.05, 0) is 61.1 Å². The number of amides is 1. The number of hydrogen-bond donors (Lipinski definition) is 1. The Kier molecular flexibility index (Phi) is 7.15. The molecule has 1 aliphatic rings. The van der Waals surface area contributed by atoms with E-state index < -0.39 is 21.7 Å². The minimum atomic E-state index is -3.95. The van der Waals surface area contributed by atoms with Crippen LogP contribution in [0, 0.1) is 18.3 Å². The second-order valence-corrected chi connectivity index (χ2v) is 9.49. The van der Waals surface area contributed by atoms with Gasteiger partial charge in [0, 0.05) is 18.7 Å². The lowest BCUT2D eigenvalue weighted by Crippen LogP contribution is -2.38. The Labute approximate surface area is 187 Å². The quantitative estimate of drug-likeness (QED) is 0.670. The van der Waals surface area contributed by atoms with Gasteiger partial charge in [0.2, 0.25) is 10.0 Å². The number of esters is 1. The summed E-state index contributed by atoms with van der Waals surface area (Å²) in [7, 11) is -2.83. The molecule has 2 aromatic carbocycles. The van der Waals surface area contributed by atoms with Crippen LogP contribution in [-0.2, 0) is 19.6 Å². The smallest absolute Gasteiger partial charge is 0.322 e. The Morgan fingerprint density at radius 2 is 1.81 bits per heavy atom. The molecule has 0 aliphatic carbocycles. The number of benzene rings is 2. The van der Waals surface area contributed by atoms with E-state index in [0.717, 1.165) is 25.5 Å². The van der Waals surface area contributed by atoms with Gasteiger partial charge >= 0.3 is 5.97 Å². The number of hydrogen-bond acceptors (Lipinski definition) is 6. The molecule has 3 rings (SSSR count). The molecule has 1 heterocycles. The van der Waals surface area contributed by atoms with Gasteiger partial charge in [-0.15, -0.1) is 0 Å². The number of rotatable bonds is 6. The van der Waals surface area contributed by atoms with Crippen LogP contribution in [0.1, 0.15) is 45.8 Å². The molecule has 1 N–H and O–H groups in total. The number of anilines is 1. The van der Waals surface area contributed by atoms with Crippen LogP contribution in [0.2, 0.25) is 0 Å². The van der Waals surface area contributed by atoms with Crippen LogP contribution in [0.25, 0.3) is 0 Å². The average molecular weight is 456 g/mol. The maximum absolute atomic E-state index is 13.0. The first kappa shape index (κ1) is 23.3. The van der Waals surface area contributed by atoms with E-state index in [1.165, 1.54) is 6.07 Å². The normalized spacial score (nSPS) is 14.5. The van der Waals surface area contributed by atoms with Crippen LogP contribution in [0.4, 0.5) is 5.69 Å². The molecule has 32 heavy (non-hydrogen) atoms. The molecular formula is C23H25N3O5S. The van der Waals surface area contributed by atoms with Crippen LogP contribution >= 0.6 is 0 Å². The van der Waals surface area contributed by atoms with Crippen LogP contribution in [-0.4, -0.2) is 51.1 Å². The van der Waals surface area contributed by atoms with Crippen LogP contribution in [0.5, 0.6) is 0 Å². The molecule has 1 fully saturated rings. The fourth-order valence-electron chi connectivity index (χ4n) is 3.71. The Morgan fingerprint density at radius 1 is 1.16 bits per heavy atom. The minimum absolute atomic E-state index is 0.170. The molecule has 1 aliphatic heterocycles. The fraction of sp³-hybridized carbons (Fsp3) is 0.348. The number of likely N-dealkylation sites (tertiary alicyclic amines) is 1. The lowest BCUT2D eigenvalue weighted by Gasteiger charge is -2.32. The van der Waals surface area contributed by atoms with Crippen molar-refractivity contribution in [2.75, 3.05) is 30.7 Å².